The second kappa shape index (κ2) is 9.10. The first-order valence-electron chi connectivity index (χ1n) is 4.23. The van der Waals surface area contributed by atoms with Crippen molar-refractivity contribution in [2.45, 2.75) is 34.1 Å². The Bertz CT molecular complexity index is 193. The van der Waals surface area contributed by atoms with Crippen LogP contribution in [0.15, 0.2) is 28.9 Å². The van der Waals surface area contributed by atoms with Crippen LogP contribution >= 0.6 is 0 Å². The van der Waals surface area contributed by atoms with Crippen molar-refractivity contribution >= 4 is 6.21 Å². The molecule has 0 atom stereocenters. The molecule has 0 aromatic heterocycles. The van der Waals surface area contributed by atoms with E-state index in [2.05, 4.69) is 11.6 Å². The molecule has 3 heteroatoms. The molecule has 0 saturated heterocycles. The van der Waals surface area contributed by atoms with Gasteiger partial charge < -0.3 is 0 Å². The van der Waals surface area contributed by atoms with Crippen molar-refractivity contribution in [3.05, 3.63) is 23.9 Å². The second-order valence-electron chi connectivity index (χ2n) is 1.93. The fourth-order valence-electron chi connectivity index (χ4n) is 0.663. The van der Waals surface area contributed by atoms with E-state index in [1.54, 1.807) is 6.92 Å². The van der Waals surface area contributed by atoms with Crippen molar-refractivity contribution in [3.63, 3.8) is 0 Å². The number of hydrogen-bond acceptors (Lipinski definition) is 1. The van der Waals surface area contributed by atoms with Gasteiger partial charge in [-0.15, -0.1) is 0 Å². The highest BCUT2D eigenvalue weighted by atomic mass is 19.3. The minimum Gasteiger partial charge on any atom is -0.266 e. The molecule has 0 rings (SSSR count). The van der Waals surface area contributed by atoms with Gasteiger partial charge in [-0.2, -0.15) is 0 Å². The third kappa shape index (κ3) is 6.20. The van der Waals surface area contributed by atoms with Crippen molar-refractivity contribution in [1.82, 2.24) is 0 Å². The topological polar surface area (TPSA) is 12.4 Å². The van der Waals surface area contributed by atoms with Gasteiger partial charge in [0.05, 0.1) is 0 Å². The average molecular weight is 189 g/mol. The van der Waals surface area contributed by atoms with Gasteiger partial charge in [-0.3, -0.25) is 4.99 Å². The van der Waals surface area contributed by atoms with Crippen LogP contribution in [0.25, 0.3) is 0 Å². The molecule has 0 spiro atoms. The molecule has 0 saturated carbocycles. The van der Waals surface area contributed by atoms with Crippen molar-refractivity contribution in [2.24, 2.45) is 4.99 Å². The van der Waals surface area contributed by atoms with E-state index in [1.807, 2.05) is 13.8 Å². The molecular weight excluding hydrogens is 172 g/mol. The first kappa shape index (κ1) is 14.5. The van der Waals surface area contributed by atoms with Crippen molar-refractivity contribution in [3.8, 4) is 0 Å². The third-order valence-corrected chi connectivity index (χ3v) is 1.20. The molecule has 0 bridgehead atoms. The number of nitrogens with zero attached hydrogens (tertiary/aromatic N) is 1. The highest BCUT2D eigenvalue weighted by Crippen LogP contribution is 2.14. The molecule has 0 radical (unpaired) electrons. The summed E-state index contributed by atoms with van der Waals surface area (Å²) in [5, 5.41) is 0. The van der Waals surface area contributed by atoms with Gasteiger partial charge in [0.2, 0.25) is 0 Å². The van der Waals surface area contributed by atoms with Crippen LogP contribution in [0.4, 0.5) is 8.78 Å². The summed E-state index contributed by atoms with van der Waals surface area (Å²) in [5.74, 6) is 0. The van der Waals surface area contributed by atoms with E-state index in [1.165, 1.54) is 13.1 Å². The summed E-state index contributed by atoms with van der Waals surface area (Å²) in [6.45, 7) is 10.5. The van der Waals surface area contributed by atoms with Gasteiger partial charge >= 0.3 is 0 Å². The molecule has 0 aromatic carbocycles. The van der Waals surface area contributed by atoms with Crippen molar-refractivity contribution < 1.29 is 8.78 Å². The maximum absolute atomic E-state index is 12.1. The smallest absolute Gasteiger partial charge is 0.265 e. The highest BCUT2D eigenvalue weighted by Gasteiger charge is 2.09. The zero-order valence-electron chi connectivity index (χ0n) is 8.64. The summed E-state index contributed by atoms with van der Waals surface area (Å²) < 4.78 is 24.1. The monoisotopic (exact) mass is 189 g/mol. The van der Waals surface area contributed by atoms with E-state index in [9.17, 15) is 8.78 Å². The van der Waals surface area contributed by atoms with Crippen LogP contribution in [-0.4, -0.2) is 12.6 Å². The predicted octanol–water partition coefficient (Wildman–Crippen LogP) is 3.83. The number of aliphatic imine (C=N–C) groups is 1. The van der Waals surface area contributed by atoms with Crippen molar-refractivity contribution in [1.29, 1.82) is 0 Å². The SMILES string of the molecule is C=C/C(=C(/C)N=CC)C(F)F.CC. The first-order valence-corrected chi connectivity index (χ1v) is 4.23. The Balaban J connectivity index is 0. The number of allylic oxidation sites excluding steroid dienone is 3. The molecule has 0 aliphatic heterocycles. The van der Waals surface area contributed by atoms with Gasteiger partial charge in [0.15, 0.2) is 0 Å². The van der Waals surface area contributed by atoms with Gasteiger partial charge in [0.25, 0.3) is 6.43 Å². The van der Waals surface area contributed by atoms with E-state index in [0.29, 0.717) is 5.70 Å². The molecule has 76 valence electrons. The number of hydrogen-bond donors (Lipinski definition) is 0. The molecule has 0 amide bonds. The molecule has 0 aliphatic carbocycles. The fourth-order valence-corrected chi connectivity index (χ4v) is 0.663. The van der Waals surface area contributed by atoms with Gasteiger partial charge in [0, 0.05) is 17.5 Å². The van der Waals surface area contributed by atoms with Crippen molar-refractivity contribution in [2.75, 3.05) is 0 Å². The molecular formula is C10H17F2N. The lowest BCUT2D eigenvalue weighted by Crippen LogP contribution is -1.95. The van der Waals surface area contributed by atoms with Gasteiger partial charge in [-0.25, -0.2) is 8.78 Å². The average Bonchev–Trinajstić information content (AvgIpc) is 2.09. The van der Waals surface area contributed by atoms with Crippen LogP contribution in [0.2, 0.25) is 0 Å². The molecule has 0 N–H and O–H groups in total. The van der Waals surface area contributed by atoms with Gasteiger partial charge in [-0.05, 0) is 13.8 Å². The molecule has 0 aromatic rings. The summed E-state index contributed by atoms with van der Waals surface area (Å²) in [7, 11) is 0. The zero-order chi connectivity index (χ0) is 10.9. The Labute approximate surface area is 78.9 Å². The lowest BCUT2D eigenvalue weighted by atomic mass is 10.2. The number of alkyl halides is 2. The Morgan fingerprint density at radius 3 is 2.08 bits per heavy atom. The maximum atomic E-state index is 12.1. The molecule has 0 fully saturated rings. The van der Waals surface area contributed by atoms with E-state index in [4.69, 9.17) is 0 Å². The molecule has 13 heavy (non-hydrogen) atoms. The van der Waals surface area contributed by atoms with E-state index >= 15 is 0 Å². The summed E-state index contributed by atoms with van der Waals surface area (Å²) >= 11 is 0. The van der Waals surface area contributed by atoms with E-state index in [-0.39, 0.29) is 5.57 Å². The van der Waals surface area contributed by atoms with Gasteiger partial charge in [-0.1, -0.05) is 26.5 Å². The van der Waals surface area contributed by atoms with Crippen LogP contribution in [0, 0.1) is 0 Å². The molecule has 0 aliphatic rings. The lowest BCUT2D eigenvalue weighted by molar-refractivity contribution is 0.193. The Morgan fingerprint density at radius 2 is 1.85 bits per heavy atom. The van der Waals surface area contributed by atoms with Crippen LogP contribution in [0.5, 0.6) is 0 Å². The highest BCUT2D eigenvalue weighted by molar-refractivity contribution is 5.55. The van der Waals surface area contributed by atoms with Crippen LogP contribution < -0.4 is 0 Å². The van der Waals surface area contributed by atoms with Crippen LogP contribution in [-0.2, 0) is 0 Å². The fraction of sp³-hybridized carbons (Fsp3) is 0.500. The van der Waals surface area contributed by atoms with Crippen LogP contribution in [0.3, 0.4) is 0 Å². The summed E-state index contributed by atoms with van der Waals surface area (Å²) in [5.41, 5.74) is 0.209. The van der Waals surface area contributed by atoms with Gasteiger partial charge in [0.1, 0.15) is 0 Å². The summed E-state index contributed by atoms with van der Waals surface area (Å²) in [6, 6.07) is 0. The predicted molar refractivity (Wildman–Crippen MR) is 54.4 cm³/mol. The number of rotatable bonds is 3. The zero-order valence-corrected chi connectivity index (χ0v) is 8.64. The minimum atomic E-state index is -2.49. The maximum Gasteiger partial charge on any atom is 0.265 e. The molecule has 0 heterocycles. The van der Waals surface area contributed by atoms with E-state index < -0.39 is 6.43 Å². The molecule has 0 unspecified atom stereocenters. The Kier molecular flexibility index (Phi) is 10.2. The van der Waals surface area contributed by atoms with E-state index in [0.717, 1.165) is 6.08 Å². The summed E-state index contributed by atoms with van der Waals surface area (Å²) in [4.78, 5) is 3.72. The lowest BCUT2D eigenvalue weighted by Gasteiger charge is -2.01. The second-order valence-corrected chi connectivity index (χ2v) is 1.93. The third-order valence-electron chi connectivity index (χ3n) is 1.20. The normalized spacial score (nSPS) is 12.2. The number of halogens is 2. The largest absolute Gasteiger partial charge is 0.266 e. The van der Waals surface area contributed by atoms with Crippen LogP contribution in [0.1, 0.15) is 27.7 Å². The first-order chi connectivity index (χ1) is 6.13. The Hall–Kier alpha value is -0.990. The molecule has 1 nitrogen and oxygen atoms in total. The minimum absolute atomic E-state index is 0.108. The summed E-state index contributed by atoms with van der Waals surface area (Å²) in [6.07, 6.45) is 0.116. The standard InChI is InChI=1S/C8H11F2N.C2H6/c1-4-7(8(9)10)6(3)11-5-2;1-2/h4-5,8H,1H2,2-3H3;1-2H3/b7-6+,11-5?;. The Morgan fingerprint density at radius 1 is 1.38 bits per heavy atom. The quantitative estimate of drug-likeness (QED) is 0.472.